The quantitative estimate of drug-likeness (QED) is 0.261. The Kier molecular flexibility index (Phi) is 9.80. The van der Waals surface area contributed by atoms with Crippen molar-refractivity contribution in [2.75, 3.05) is 65.6 Å². The number of esters is 1. The lowest BCUT2D eigenvalue weighted by Gasteiger charge is -2.24. The van der Waals surface area contributed by atoms with Gasteiger partial charge >= 0.3 is 5.97 Å². The molecule has 0 saturated carbocycles. The molecule has 3 aromatic heterocycles. The molecule has 12 nitrogen and oxygen atoms in total. The van der Waals surface area contributed by atoms with Gasteiger partial charge in [0.15, 0.2) is 17.2 Å². The number of nitriles is 1. The zero-order chi connectivity index (χ0) is 26.7. The number of rotatable bonds is 13. The fourth-order valence-corrected chi connectivity index (χ4v) is 3.85. The van der Waals surface area contributed by atoms with Gasteiger partial charge in [0.1, 0.15) is 36.9 Å². The van der Waals surface area contributed by atoms with E-state index >= 15 is 0 Å². The molecule has 0 aliphatic carbocycles. The molecule has 0 spiro atoms. The smallest absolute Gasteiger partial charge is 0.307 e. The molecule has 1 fully saturated rings. The predicted octanol–water partition coefficient (Wildman–Crippen LogP) is 2.17. The van der Waals surface area contributed by atoms with E-state index in [1.807, 2.05) is 25.1 Å². The summed E-state index contributed by atoms with van der Waals surface area (Å²) < 4.78 is 24.0. The Morgan fingerprint density at radius 2 is 2.03 bits per heavy atom. The van der Waals surface area contributed by atoms with Crippen LogP contribution < -0.4 is 10.1 Å². The van der Waals surface area contributed by atoms with E-state index in [1.165, 1.54) is 6.20 Å². The lowest BCUT2D eigenvalue weighted by Crippen LogP contribution is -2.28. The Balaban J connectivity index is 1.39. The number of hydrogen-bond acceptors (Lipinski definition) is 11. The van der Waals surface area contributed by atoms with Crippen LogP contribution in [0.4, 0.5) is 5.82 Å². The van der Waals surface area contributed by atoms with Crippen molar-refractivity contribution in [2.24, 2.45) is 0 Å². The van der Waals surface area contributed by atoms with Crippen LogP contribution in [-0.4, -0.2) is 96.7 Å². The molecule has 0 amide bonds. The summed E-state index contributed by atoms with van der Waals surface area (Å²) >= 11 is 0. The number of hydrogen-bond donors (Lipinski definition) is 1. The van der Waals surface area contributed by atoms with Crippen LogP contribution in [0.1, 0.15) is 24.8 Å². The molecule has 4 rings (SSSR count). The molecular formula is C26H33N7O5. The largest absolute Gasteiger partial charge is 0.487 e. The number of ether oxygens (including phenoxy) is 4. The van der Waals surface area contributed by atoms with Gasteiger partial charge in [-0.15, -0.1) is 0 Å². The van der Waals surface area contributed by atoms with E-state index in [0.717, 1.165) is 12.8 Å². The van der Waals surface area contributed by atoms with E-state index in [9.17, 15) is 4.79 Å². The minimum atomic E-state index is -0.239. The maximum atomic E-state index is 11.7. The first-order valence-corrected chi connectivity index (χ1v) is 12.6. The van der Waals surface area contributed by atoms with E-state index in [1.54, 1.807) is 23.0 Å². The van der Waals surface area contributed by atoms with Gasteiger partial charge in [0.25, 0.3) is 0 Å². The average Bonchev–Trinajstić information content (AvgIpc) is 3.34. The van der Waals surface area contributed by atoms with Gasteiger partial charge in [-0.25, -0.2) is 15.0 Å². The summed E-state index contributed by atoms with van der Waals surface area (Å²) in [6.07, 6.45) is 5.25. The van der Waals surface area contributed by atoms with Gasteiger partial charge in [0, 0.05) is 38.1 Å². The Bertz CT molecular complexity index is 1230. The molecule has 12 heteroatoms. The summed E-state index contributed by atoms with van der Waals surface area (Å²) in [5.74, 6) is 1.55. The molecule has 1 N–H and O–H groups in total. The monoisotopic (exact) mass is 523 g/mol. The topological polar surface area (TPSA) is 137 Å². The molecule has 4 heterocycles. The van der Waals surface area contributed by atoms with Crippen molar-refractivity contribution in [2.45, 2.75) is 25.3 Å². The summed E-state index contributed by atoms with van der Waals surface area (Å²) in [5, 5.41) is 12.6. The number of imidazole rings is 1. The molecular weight excluding hydrogens is 490 g/mol. The van der Waals surface area contributed by atoms with Crippen LogP contribution in [0.3, 0.4) is 0 Å². The molecule has 1 saturated heterocycles. The number of aromatic nitrogens is 4. The first kappa shape index (κ1) is 27.3. The van der Waals surface area contributed by atoms with Crippen LogP contribution in [0.15, 0.2) is 30.7 Å². The van der Waals surface area contributed by atoms with Gasteiger partial charge < -0.3 is 29.2 Å². The van der Waals surface area contributed by atoms with Crippen LogP contribution in [0.5, 0.6) is 5.75 Å². The first-order chi connectivity index (χ1) is 18.5. The summed E-state index contributed by atoms with van der Waals surface area (Å²) in [7, 11) is 3.82. The number of nitrogens with one attached hydrogen (secondary N) is 1. The fraction of sp³-hybridized carbons (Fsp3) is 0.500. The number of carbonyl (C=O) groups excluding carboxylic acids is 1. The highest BCUT2D eigenvalue weighted by molar-refractivity contribution is 5.78. The second-order valence-corrected chi connectivity index (χ2v) is 9.07. The van der Waals surface area contributed by atoms with Crippen molar-refractivity contribution in [1.29, 1.82) is 5.26 Å². The molecule has 0 unspecified atom stereocenters. The fourth-order valence-electron chi connectivity index (χ4n) is 3.85. The molecule has 1 aliphatic rings. The van der Waals surface area contributed by atoms with Gasteiger partial charge in [-0.1, -0.05) is 0 Å². The first-order valence-electron chi connectivity index (χ1n) is 12.6. The standard InChI is InChI=1S/C26H33N7O5/c1-32(2)8-5-24(34)38-14-12-36-11-13-37-22-15-21-26(31-25(22)30-20-6-9-35-10-7-20)33(18-29-21)23-4-3-19(16-27)17-28-23/h3-4,15,17-18,20H,5-14H2,1-2H3,(H,30,31). The van der Waals surface area contributed by atoms with Crippen molar-refractivity contribution >= 4 is 23.0 Å². The average molecular weight is 524 g/mol. The van der Waals surface area contributed by atoms with Crippen LogP contribution in [0.2, 0.25) is 0 Å². The molecule has 0 aromatic carbocycles. The van der Waals surface area contributed by atoms with Crippen LogP contribution in [-0.2, 0) is 19.0 Å². The highest BCUT2D eigenvalue weighted by Gasteiger charge is 2.19. The van der Waals surface area contributed by atoms with Crippen molar-refractivity contribution in [3.8, 4) is 17.6 Å². The molecule has 1 aliphatic heterocycles. The number of anilines is 1. The number of pyridine rings is 2. The number of carbonyl (C=O) groups is 1. The van der Waals surface area contributed by atoms with Gasteiger partial charge in [-0.2, -0.15) is 5.26 Å². The van der Waals surface area contributed by atoms with Gasteiger partial charge in [-0.05, 0) is 39.1 Å². The molecule has 202 valence electrons. The highest BCUT2D eigenvalue weighted by atomic mass is 16.6. The summed E-state index contributed by atoms with van der Waals surface area (Å²) in [6, 6.07) is 7.59. The lowest BCUT2D eigenvalue weighted by atomic mass is 10.1. The Hall–Kier alpha value is -3.79. The third-order valence-electron chi connectivity index (χ3n) is 5.91. The Morgan fingerprint density at radius 1 is 1.21 bits per heavy atom. The molecule has 0 radical (unpaired) electrons. The highest BCUT2D eigenvalue weighted by Crippen LogP contribution is 2.29. The van der Waals surface area contributed by atoms with E-state index in [4.69, 9.17) is 29.2 Å². The number of fused-ring (bicyclic) bond motifs is 1. The van der Waals surface area contributed by atoms with Gasteiger partial charge in [-0.3, -0.25) is 9.36 Å². The van der Waals surface area contributed by atoms with Crippen LogP contribution in [0, 0.1) is 11.3 Å². The molecule has 0 atom stereocenters. The zero-order valence-electron chi connectivity index (χ0n) is 21.8. The second kappa shape index (κ2) is 13.7. The summed E-state index contributed by atoms with van der Waals surface area (Å²) in [6.45, 7) is 3.16. The molecule has 0 bridgehead atoms. The second-order valence-electron chi connectivity index (χ2n) is 9.07. The predicted molar refractivity (Wildman–Crippen MR) is 139 cm³/mol. The molecule has 38 heavy (non-hydrogen) atoms. The van der Waals surface area contributed by atoms with E-state index in [0.29, 0.717) is 80.1 Å². The normalized spacial score (nSPS) is 13.9. The Morgan fingerprint density at radius 3 is 2.76 bits per heavy atom. The lowest BCUT2D eigenvalue weighted by molar-refractivity contribution is -0.145. The van der Waals surface area contributed by atoms with Crippen molar-refractivity contribution in [1.82, 2.24) is 24.4 Å². The van der Waals surface area contributed by atoms with Crippen LogP contribution >= 0.6 is 0 Å². The summed E-state index contributed by atoms with van der Waals surface area (Å²) in [4.78, 5) is 27.3. The summed E-state index contributed by atoms with van der Waals surface area (Å²) in [5.41, 5.74) is 1.75. The molecule has 3 aromatic rings. The number of nitrogens with zero attached hydrogens (tertiary/aromatic N) is 6. The van der Waals surface area contributed by atoms with Crippen molar-refractivity contribution < 1.29 is 23.7 Å². The van der Waals surface area contributed by atoms with Gasteiger partial charge in [0.05, 0.1) is 25.2 Å². The minimum Gasteiger partial charge on any atom is -0.487 e. The van der Waals surface area contributed by atoms with E-state index in [-0.39, 0.29) is 18.6 Å². The third-order valence-corrected chi connectivity index (χ3v) is 5.91. The van der Waals surface area contributed by atoms with E-state index in [2.05, 4.69) is 21.4 Å². The zero-order valence-corrected chi connectivity index (χ0v) is 21.8. The maximum Gasteiger partial charge on any atom is 0.307 e. The Labute approximate surface area is 221 Å². The SMILES string of the molecule is CN(C)CCC(=O)OCCOCCOc1cc2ncn(-c3ccc(C#N)cn3)c2nc1NC1CCOCC1. The van der Waals surface area contributed by atoms with Gasteiger partial charge in [0.2, 0.25) is 0 Å². The van der Waals surface area contributed by atoms with Crippen molar-refractivity contribution in [3.05, 3.63) is 36.3 Å². The van der Waals surface area contributed by atoms with Crippen molar-refractivity contribution in [3.63, 3.8) is 0 Å². The maximum absolute atomic E-state index is 11.7. The minimum absolute atomic E-state index is 0.206. The van der Waals surface area contributed by atoms with Crippen LogP contribution in [0.25, 0.3) is 17.0 Å². The third kappa shape index (κ3) is 7.61. The van der Waals surface area contributed by atoms with E-state index < -0.39 is 0 Å².